The molecule has 1 heterocycles. The van der Waals surface area contributed by atoms with E-state index in [0.717, 1.165) is 0 Å². The number of alkyl halides is 2. The van der Waals surface area contributed by atoms with E-state index in [4.69, 9.17) is 11.6 Å². The minimum atomic E-state index is -2.96. The summed E-state index contributed by atoms with van der Waals surface area (Å²) < 4.78 is 30.2. The van der Waals surface area contributed by atoms with Crippen LogP contribution in [0.4, 0.5) is 8.78 Å². The Morgan fingerprint density at radius 2 is 1.96 bits per heavy atom. The Balaban J connectivity index is 2.12. The van der Waals surface area contributed by atoms with Gasteiger partial charge in [0, 0.05) is 23.1 Å². The van der Waals surface area contributed by atoms with Crippen molar-refractivity contribution in [1.82, 2.24) is 4.57 Å². The maximum Gasteiger partial charge on any atom is 0.387 e. The fourth-order valence-electron chi connectivity index (χ4n) is 3.00. The van der Waals surface area contributed by atoms with Crippen LogP contribution in [-0.4, -0.2) is 28.5 Å². The van der Waals surface area contributed by atoms with E-state index in [1.54, 1.807) is 6.92 Å². The van der Waals surface area contributed by atoms with Gasteiger partial charge in [-0.3, -0.25) is 9.36 Å². The molecule has 0 amide bonds. The molecule has 0 unspecified atom stereocenters. The van der Waals surface area contributed by atoms with E-state index in [0.29, 0.717) is 28.4 Å². The van der Waals surface area contributed by atoms with E-state index in [-0.39, 0.29) is 28.5 Å². The molecule has 0 atom stereocenters. The van der Waals surface area contributed by atoms with E-state index in [1.165, 1.54) is 41.0 Å². The van der Waals surface area contributed by atoms with Crippen molar-refractivity contribution in [2.24, 2.45) is 0 Å². The lowest BCUT2D eigenvalue weighted by Crippen LogP contribution is -2.14. The van der Waals surface area contributed by atoms with Crippen molar-refractivity contribution in [3.63, 3.8) is 0 Å². The lowest BCUT2D eigenvalue weighted by molar-refractivity contribution is -0.107. The second kappa shape index (κ2) is 7.36. The number of carbonyl (C=O) groups excluding carboxylic acids is 2. The topological polar surface area (TPSA) is 68.5 Å². The number of halogens is 3. The van der Waals surface area contributed by atoms with Gasteiger partial charge in [-0.25, -0.2) is 0 Å². The molecule has 0 fully saturated rings. The number of nitrogens with zero attached hydrogens (tertiary/aromatic N) is 1. The van der Waals surface area contributed by atoms with Crippen LogP contribution >= 0.6 is 11.6 Å². The molecule has 2 aromatic carbocycles. The number of phenolic OH excluding ortho intramolecular Hbond substituents is 1. The van der Waals surface area contributed by atoms with Gasteiger partial charge in [0.2, 0.25) is 0 Å². The molecule has 0 aliphatic rings. The van der Waals surface area contributed by atoms with Crippen LogP contribution in [0.5, 0.6) is 11.5 Å². The average molecular weight is 394 g/mol. The lowest BCUT2D eigenvalue weighted by Gasteiger charge is -2.09. The van der Waals surface area contributed by atoms with Crippen LogP contribution < -0.4 is 4.74 Å². The number of aldehydes is 1. The molecule has 0 radical (unpaired) electrons. The number of aromatic nitrogens is 1. The summed E-state index contributed by atoms with van der Waals surface area (Å²) in [5.74, 6) is -0.653. The molecule has 1 N–H and O–H groups in total. The molecule has 0 saturated carbocycles. The van der Waals surface area contributed by atoms with Crippen molar-refractivity contribution in [1.29, 1.82) is 0 Å². The van der Waals surface area contributed by atoms with Crippen LogP contribution in [0.3, 0.4) is 0 Å². The molecule has 140 valence electrons. The molecular weight excluding hydrogens is 380 g/mol. The smallest absolute Gasteiger partial charge is 0.387 e. The van der Waals surface area contributed by atoms with Gasteiger partial charge in [0.1, 0.15) is 17.8 Å². The fraction of sp³-hybridized carbons (Fsp3) is 0.158. The van der Waals surface area contributed by atoms with Gasteiger partial charge in [-0.1, -0.05) is 11.6 Å². The van der Waals surface area contributed by atoms with E-state index in [1.807, 2.05) is 0 Å². The molecule has 3 aromatic rings. The van der Waals surface area contributed by atoms with Gasteiger partial charge in [0.05, 0.1) is 10.5 Å². The highest BCUT2D eigenvalue weighted by atomic mass is 35.5. The summed E-state index contributed by atoms with van der Waals surface area (Å²) >= 11 is 5.99. The van der Waals surface area contributed by atoms with Crippen molar-refractivity contribution in [3.8, 4) is 11.5 Å². The van der Waals surface area contributed by atoms with Crippen molar-refractivity contribution in [2.45, 2.75) is 20.0 Å². The number of carbonyl (C=O) groups is 2. The lowest BCUT2D eigenvalue weighted by atomic mass is 10.1. The number of hydrogen-bond donors (Lipinski definition) is 1. The van der Waals surface area contributed by atoms with Crippen LogP contribution in [0.1, 0.15) is 21.6 Å². The minimum Gasteiger partial charge on any atom is -0.506 e. The van der Waals surface area contributed by atoms with Gasteiger partial charge < -0.3 is 14.6 Å². The Bertz CT molecular complexity index is 1030. The predicted octanol–water partition coefficient (Wildman–Crippen LogP) is 4.34. The summed E-state index contributed by atoms with van der Waals surface area (Å²) in [7, 11) is 0. The van der Waals surface area contributed by atoms with Crippen molar-refractivity contribution < 1.29 is 28.2 Å². The number of fused-ring (bicyclic) bond motifs is 1. The predicted molar refractivity (Wildman–Crippen MR) is 95.9 cm³/mol. The summed E-state index contributed by atoms with van der Waals surface area (Å²) in [6.45, 7) is -1.28. The molecule has 0 aliphatic carbocycles. The van der Waals surface area contributed by atoms with Crippen molar-refractivity contribution >= 4 is 34.7 Å². The summed E-state index contributed by atoms with van der Waals surface area (Å²) in [5, 5.41) is 10.5. The molecule has 0 aliphatic heterocycles. The van der Waals surface area contributed by atoms with Crippen LogP contribution in [0, 0.1) is 6.92 Å². The zero-order valence-electron chi connectivity index (χ0n) is 14.1. The Morgan fingerprint density at radius 3 is 2.56 bits per heavy atom. The third kappa shape index (κ3) is 3.50. The van der Waals surface area contributed by atoms with Crippen LogP contribution in [0.25, 0.3) is 10.9 Å². The number of hydrogen-bond acceptors (Lipinski definition) is 4. The van der Waals surface area contributed by atoms with Crippen molar-refractivity contribution in [2.75, 3.05) is 0 Å². The standard InChI is InChI=1S/C19H14ClF2NO4/c1-10-13(6-7-24)14-8-17(25)15(20)9-16(14)23(10)18(26)11-2-4-12(5-3-11)27-19(21)22/h2-5,7-9,19,25H,6H2,1H3. The highest BCUT2D eigenvalue weighted by Crippen LogP contribution is 2.34. The molecule has 27 heavy (non-hydrogen) atoms. The zero-order valence-corrected chi connectivity index (χ0v) is 14.8. The van der Waals surface area contributed by atoms with E-state index < -0.39 is 12.5 Å². The number of benzene rings is 2. The molecule has 5 nitrogen and oxygen atoms in total. The first-order valence-electron chi connectivity index (χ1n) is 7.89. The Morgan fingerprint density at radius 1 is 1.30 bits per heavy atom. The molecule has 0 saturated heterocycles. The van der Waals surface area contributed by atoms with Gasteiger partial charge in [-0.15, -0.1) is 0 Å². The highest BCUT2D eigenvalue weighted by molar-refractivity contribution is 6.33. The summed E-state index contributed by atoms with van der Waals surface area (Å²) in [6.07, 6.45) is 0.767. The summed E-state index contributed by atoms with van der Waals surface area (Å²) in [4.78, 5) is 24.0. The maximum atomic E-state index is 13.0. The second-order valence-electron chi connectivity index (χ2n) is 5.80. The van der Waals surface area contributed by atoms with Crippen LogP contribution in [-0.2, 0) is 11.2 Å². The monoisotopic (exact) mass is 393 g/mol. The quantitative estimate of drug-likeness (QED) is 0.655. The largest absolute Gasteiger partial charge is 0.506 e. The number of rotatable bonds is 5. The number of phenols is 1. The highest BCUT2D eigenvalue weighted by Gasteiger charge is 2.21. The van der Waals surface area contributed by atoms with Gasteiger partial charge in [-0.2, -0.15) is 8.78 Å². The van der Waals surface area contributed by atoms with E-state index in [2.05, 4.69) is 4.74 Å². The first-order valence-corrected chi connectivity index (χ1v) is 8.27. The zero-order chi connectivity index (χ0) is 19.7. The van der Waals surface area contributed by atoms with E-state index in [9.17, 15) is 23.5 Å². The molecular formula is C19H14ClF2NO4. The third-order valence-electron chi connectivity index (χ3n) is 4.22. The Labute approximate surface area is 157 Å². The van der Waals surface area contributed by atoms with Gasteiger partial charge >= 0.3 is 6.61 Å². The van der Waals surface area contributed by atoms with Crippen LogP contribution in [0.15, 0.2) is 36.4 Å². The summed E-state index contributed by atoms with van der Waals surface area (Å²) in [5.41, 5.74) is 1.79. The Kier molecular flexibility index (Phi) is 5.14. The molecule has 3 rings (SSSR count). The van der Waals surface area contributed by atoms with Crippen molar-refractivity contribution in [3.05, 3.63) is 58.2 Å². The average Bonchev–Trinajstić information content (AvgIpc) is 2.87. The first-order chi connectivity index (χ1) is 12.8. The second-order valence-corrected chi connectivity index (χ2v) is 6.21. The molecule has 0 bridgehead atoms. The summed E-state index contributed by atoms with van der Waals surface area (Å²) in [6, 6.07) is 8.13. The first kappa shape index (κ1) is 18.8. The normalized spacial score (nSPS) is 11.1. The molecule has 1 aromatic heterocycles. The van der Waals surface area contributed by atoms with E-state index >= 15 is 0 Å². The number of ether oxygens (including phenoxy) is 1. The fourth-order valence-corrected chi connectivity index (χ4v) is 3.16. The minimum absolute atomic E-state index is 0.0604. The van der Waals surface area contributed by atoms with Crippen LogP contribution in [0.2, 0.25) is 5.02 Å². The van der Waals surface area contributed by atoms with Gasteiger partial charge in [-0.05, 0) is 48.9 Å². The van der Waals surface area contributed by atoms with Gasteiger partial charge in [0.15, 0.2) is 0 Å². The molecule has 8 heteroatoms. The van der Waals surface area contributed by atoms with Gasteiger partial charge in [0.25, 0.3) is 5.91 Å². The third-order valence-corrected chi connectivity index (χ3v) is 4.52. The number of aromatic hydroxyl groups is 1. The Hall–Kier alpha value is -2.93. The molecule has 0 spiro atoms. The maximum absolute atomic E-state index is 13.0. The SMILES string of the molecule is Cc1c(CC=O)c2cc(O)c(Cl)cc2n1C(=O)c1ccc(OC(F)F)cc1.